The first kappa shape index (κ1) is 24.6. The number of morpholine rings is 1. The number of rotatable bonds is 4. The van der Waals surface area contributed by atoms with E-state index in [9.17, 15) is 14.9 Å². The maximum Gasteiger partial charge on any atom is 0.273 e. The van der Waals surface area contributed by atoms with Gasteiger partial charge < -0.3 is 9.64 Å². The molecule has 0 atom stereocenters. The highest BCUT2D eigenvalue weighted by Crippen LogP contribution is 2.16. The van der Waals surface area contributed by atoms with Gasteiger partial charge in [-0.05, 0) is 54.2 Å². The van der Waals surface area contributed by atoms with E-state index in [-0.39, 0.29) is 17.0 Å². The van der Waals surface area contributed by atoms with Crippen molar-refractivity contribution in [3.63, 3.8) is 0 Å². The van der Waals surface area contributed by atoms with Crippen LogP contribution >= 0.6 is 11.3 Å². The summed E-state index contributed by atoms with van der Waals surface area (Å²) in [5.74, 6) is 0.0434. The Morgan fingerprint density at radius 1 is 1.11 bits per heavy atom. The summed E-state index contributed by atoms with van der Waals surface area (Å²) in [4.78, 5) is 28.7. The number of carbonyl (C=O) groups excluding carboxylic acids is 1. The average molecular weight is 488 g/mol. The number of nitriles is 1. The van der Waals surface area contributed by atoms with Crippen molar-refractivity contribution >= 4 is 28.9 Å². The van der Waals surface area contributed by atoms with Gasteiger partial charge in [0.05, 0.1) is 23.4 Å². The lowest BCUT2D eigenvalue weighted by Gasteiger charge is -2.26. The molecular formula is C28H29N3O3S. The predicted octanol–water partition coefficient (Wildman–Crippen LogP) is 3.00. The van der Waals surface area contributed by atoms with Gasteiger partial charge in [-0.25, -0.2) is 0 Å². The first-order chi connectivity index (χ1) is 16.8. The topological polar surface area (TPSA) is 75.3 Å². The van der Waals surface area contributed by atoms with E-state index in [4.69, 9.17) is 4.74 Å². The number of thiazole rings is 1. The van der Waals surface area contributed by atoms with Crippen LogP contribution in [0.25, 0.3) is 17.3 Å². The van der Waals surface area contributed by atoms with Crippen LogP contribution in [0, 0.1) is 25.2 Å². The van der Waals surface area contributed by atoms with Gasteiger partial charge in [0.25, 0.3) is 11.5 Å². The molecular weight excluding hydrogens is 458 g/mol. The third-order valence-electron chi connectivity index (χ3n) is 6.17. The molecule has 0 bridgehead atoms. The lowest BCUT2D eigenvalue weighted by molar-refractivity contribution is -0.128. The fourth-order valence-electron chi connectivity index (χ4n) is 4.07. The summed E-state index contributed by atoms with van der Waals surface area (Å²) in [6.07, 6.45) is 1.83. The van der Waals surface area contributed by atoms with Gasteiger partial charge in [0.1, 0.15) is 10.7 Å². The molecule has 2 heterocycles. The molecule has 1 fully saturated rings. The molecule has 1 amide bonds. The summed E-state index contributed by atoms with van der Waals surface area (Å²) in [5.41, 5.74) is 4.41. The van der Waals surface area contributed by atoms with E-state index in [0.717, 1.165) is 16.7 Å². The zero-order valence-electron chi connectivity index (χ0n) is 20.5. The fraction of sp³-hybridized carbons (Fsp3) is 0.321. The van der Waals surface area contributed by atoms with E-state index in [2.05, 4.69) is 32.0 Å². The molecule has 1 aromatic heterocycles. The molecule has 35 heavy (non-hydrogen) atoms. The highest BCUT2D eigenvalue weighted by atomic mass is 32.1. The maximum atomic E-state index is 13.7. The zero-order valence-corrected chi connectivity index (χ0v) is 21.3. The van der Waals surface area contributed by atoms with Crippen molar-refractivity contribution < 1.29 is 9.53 Å². The van der Waals surface area contributed by atoms with Crippen LogP contribution in [-0.4, -0.2) is 41.7 Å². The molecule has 0 saturated carbocycles. The van der Waals surface area contributed by atoms with Crippen molar-refractivity contribution in [1.82, 2.24) is 9.47 Å². The first-order valence-electron chi connectivity index (χ1n) is 11.7. The molecule has 0 radical (unpaired) electrons. The fourth-order valence-corrected chi connectivity index (χ4v) is 5.16. The minimum atomic E-state index is -0.371. The molecule has 0 N–H and O–H groups in total. The van der Waals surface area contributed by atoms with E-state index in [1.807, 2.05) is 50.3 Å². The van der Waals surface area contributed by atoms with Crippen molar-refractivity contribution in [3.8, 4) is 11.8 Å². The molecule has 3 aromatic rings. The van der Waals surface area contributed by atoms with Gasteiger partial charge in [-0.3, -0.25) is 14.2 Å². The highest BCUT2D eigenvalue weighted by Gasteiger charge is 2.24. The minimum Gasteiger partial charge on any atom is -0.378 e. The molecule has 0 spiro atoms. The summed E-state index contributed by atoms with van der Waals surface area (Å²) in [7, 11) is 0. The van der Waals surface area contributed by atoms with E-state index in [1.54, 1.807) is 4.90 Å². The second kappa shape index (κ2) is 10.4. The Morgan fingerprint density at radius 3 is 2.43 bits per heavy atom. The lowest BCUT2D eigenvalue weighted by atomic mass is 10.0. The van der Waals surface area contributed by atoms with Gasteiger partial charge in [-0.15, -0.1) is 11.3 Å². The van der Waals surface area contributed by atoms with E-state index in [0.29, 0.717) is 47.1 Å². The van der Waals surface area contributed by atoms with Crippen molar-refractivity contribution in [2.75, 3.05) is 26.3 Å². The van der Waals surface area contributed by atoms with Crippen molar-refractivity contribution in [2.24, 2.45) is 0 Å². The Hall–Kier alpha value is -3.47. The van der Waals surface area contributed by atoms with Crippen LogP contribution in [0.15, 0.2) is 47.3 Å². The zero-order chi connectivity index (χ0) is 25.1. The third-order valence-corrected chi connectivity index (χ3v) is 7.26. The molecule has 1 saturated heterocycles. The Labute approximate surface area is 209 Å². The Kier molecular flexibility index (Phi) is 7.34. The smallest absolute Gasteiger partial charge is 0.273 e. The molecule has 0 aliphatic carbocycles. The Bertz CT molecular complexity index is 1470. The maximum absolute atomic E-state index is 13.7. The summed E-state index contributed by atoms with van der Waals surface area (Å²) in [6, 6.07) is 16.0. The minimum absolute atomic E-state index is 0.0234. The Morgan fingerprint density at radius 2 is 1.80 bits per heavy atom. The molecule has 7 heteroatoms. The normalized spacial score (nSPS) is 15.3. The number of aryl methyl sites for hydroxylation is 2. The van der Waals surface area contributed by atoms with Gasteiger partial charge >= 0.3 is 0 Å². The highest BCUT2D eigenvalue weighted by molar-refractivity contribution is 7.07. The van der Waals surface area contributed by atoms with Crippen LogP contribution in [0.4, 0.5) is 0 Å². The molecule has 6 nitrogen and oxygen atoms in total. The molecule has 1 aliphatic rings. The largest absolute Gasteiger partial charge is 0.378 e. The number of amides is 1. The second-order valence-electron chi connectivity index (χ2n) is 9.06. The SMILES string of the molecule is Cc1ccc(C)c(-n2c(=O)/c(=C/c3ccc(C(C)C)cc3)s/c2=C(/C#N)C(=O)N2CCOCC2)c1. The van der Waals surface area contributed by atoms with Crippen LogP contribution < -0.4 is 14.8 Å². The number of benzene rings is 2. The van der Waals surface area contributed by atoms with Gasteiger partial charge in [0.15, 0.2) is 5.57 Å². The molecule has 0 unspecified atom stereocenters. The molecule has 180 valence electrons. The number of hydrogen-bond acceptors (Lipinski definition) is 5. The number of hydrogen-bond donors (Lipinski definition) is 0. The number of aromatic nitrogens is 1. The monoisotopic (exact) mass is 487 g/mol. The van der Waals surface area contributed by atoms with Gasteiger partial charge in [0, 0.05) is 13.1 Å². The quantitative estimate of drug-likeness (QED) is 0.567. The standard InChI is InChI=1S/C28H29N3O3S/c1-18(2)22-9-7-21(8-10-22)16-25-27(33)31(24-15-19(3)5-6-20(24)4)28(35-25)23(17-29)26(32)30-11-13-34-14-12-30/h5-10,15-16,18H,11-14H2,1-4H3/b25-16-,28-23-. The summed E-state index contributed by atoms with van der Waals surface area (Å²) < 4.78 is 7.71. The van der Waals surface area contributed by atoms with Gasteiger partial charge in [-0.1, -0.05) is 50.2 Å². The Balaban J connectivity index is 1.99. The first-order valence-corrected chi connectivity index (χ1v) is 12.5. The van der Waals surface area contributed by atoms with Crippen molar-refractivity contribution in [2.45, 2.75) is 33.6 Å². The average Bonchev–Trinajstić information content (AvgIpc) is 3.17. The molecule has 2 aromatic carbocycles. The second-order valence-corrected chi connectivity index (χ2v) is 10.1. The third kappa shape index (κ3) is 5.14. The summed E-state index contributed by atoms with van der Waals surface area (Å²) >= 11 is 1.18. The van der Waals surface area contributed by atoms with E-state index < -0.39 is 0 Å². The van der Waals surface area contributed by atoms with Crippen molar-refractivity contribution in [3.05, 3.63) is 84.3 Å². The van der Waals surface area contributed by atoms with Crippen LogP contribution in [0.5, 0.6) is 0 Å². The van der Waals surface area contributed by atoms with E-state index in [1.165, 1.54) is 21.5 Å². The van der Waals surface area contributed by atoms with Gasteiger partial charge in [0.2, 0.25) is 0 Å². The molecule has 1 aliphatic heterocycles. The lowest BCUT2D eigenvalue weighted by Crippen LogP contribution is -2.42. The van der Waals surface area contributed by atoms with Gasteiger partial charge in [-0.2, -0.15) is 5.26 Å². The van der Waals surface area contributed by atoms with Crippen LogP contribution in [0.1, 0.15) is 42.0 Å². The van der Waals surface area contributed by atoms with E-state index >= 15 is 0 Å². The van der Waals surface area contributed by atoms with Crippen molar-refractivity contribution in [1.29, 1.82) is 5.26 Å². The molecule has 4 rings (SSSR count). The number of ether oxygens (including phenoxy) is 1. The summed E-state index contributed by atoms with van der Waals surface area (Å²) in [6.45, 7) is 9.86. The number of carbonyl (C=O) groups is 1. The number of nitrogens with zero attached hydrogens (tertiary/aromatic N) is 3. The van der Waals surface area contributed by atoms with Crippen LogP contribution in [-0.2, 0) is 9.53 Å². The van der Waals surface area contributed by atoms with Crippen LogP contribution in [0.2, 0.25) is 0 Å². The predicted molar refractivity (Wildman–Crippen MR) is 139 cm³/mol. The van der Waals surface area contributed by atoms with Crippen LogP contribution in [0.3, 0.4) is 0 Å². The summed E-state index contributed by atoms with van der Waals surface area (Å²) in [5, 5.41) is 10.1.